The number of nitrogens with two attached hydrogens (primary N) is 1. The van der Waals surface area contributed by atoms with Gasteiger partial charge in [-0.15, -0.1) is 6.42 Å². The van der Waals surface area contributed by atoms with Crippen LogP contribution in [0.25, 0.3) is 0 Å². The van der Waals surface area contributed by atoms with Gasteiger partial charge in [0.05, 0.1) is 12.4 Å². The number of rotatable bonds is 7. The first-order valence-electron chi connectivity index (χ1n) is 4.95. The van der Waals surface area contributed by atoms with E-state index in [1.807, 2.05) is 19.1 Å². The minimum Gasteiger partial charge on any atom is -0.477 e. The van der Waals surface area contributed by atoms with E-state index in [2.05, 4.69) is 5.92 Å². The zero-order valence-electron chi connectivity index (χ0n) is 9.40. The van der Waals surface area contributed by atoms with Crippen LogP contribution in [0.15, 0.2) is 24.0 Å². The summed E-state index contributed by atoms with van der Waals surface area (Å²) >= 11 is 0. The summed E-state index contributed by atoms with van der Waals surface area (Å²) in [6, 6.07) is 0. The Morgan fingerprint density at radius 3 is 2.87 bits per heavy atom. The molecule has 0 saturated heterocycles. The second-order valence-electron chi connectivity index (χ2n) is 2.96. The smallest absolute Gasteiger partial charge is 0.170 e. The molecule has 0 bridgehead atoms. The third-order valence-electron chi connectivity index (χ3n) is 1.60. The van der Waals surface area contributed by atoms with Crippen molar-refractivity contribution in [3.8, 4) is 12.3 Å². The zero-order chi connectivity index (χ0) is 11.5. The van der Waals surface area contributed by atoms with E-state index in [1.165, 1.54) is 0 Å². The molecule has 0 aliphatic heterocycles. The van der Waals surface area contributed by atoms with E-state index in [0.29, 0.717) is 13.0 Å². The minimum atomic E-state index is -0.424. The highest BCUT2D eigenvalue weighted by Gasteiger charge is 2.04. The Hall–Kier alpha value is -1.24. The zero-order valence-corrected chi connectivity index (χ0v) is 9.40. The molecule has 0 radical (unpaired) electrons. The van der Waals surface area contributed by atoms with Gasteiger partial charge in [0.1, 0.15) is 0 Å². The summed E-state index contributed by atoms with van der Waals surface area (Å²) in [7, 11) is 1.59. The van der Waals surface area contributed by atoms with Crippen LogP contribution in [0.2, 0.25) is 0 Å². The molecule has 0 aromatic heterocycles. The lowest BCUT2D eigenvalue weighted by Crippen LogP contribution is -2.28. The number of terminal acetylenes is 1. The second kappa shape index (κ2) is 9.32. The Morgan fingerprint density at radius 2 is 2.33 bits per heavy atom. The van der Waals surface area contributed by atoms with Gasteiger partial charge in [0.15, 0.2) is 6.23 Å². The van der Waals surface area contributed by atoms with Gasteiger partial charge in [0.2, 0.25) is 0 Å². The summed E-state index contributed by atoms with van der Waals surface area (Å²) in [6.07, 6.45) is 11.7. The van der Waals surface area contributed by atoms with Crippen molar-refractivity contribution < 1.29 is 9.47 Å². The molecule has 0 aromatic carbocycles. The molecule has 0 aliphatic rings. The number of allylic oxidation sites excluding steroid dienone is 3. The highest BCUT2D eigenvalue weighted by molar-refractivity contribution is 5.12. The third kappa shape index (κ3) is 7.80. The van der Waals surface area contributed by atoms with E-state index >= 15 is 0 Å². The first-order chi connectivity index (χ1) is 7.24. The molecule has 84 valence electrons. The Balaban J connectivity index is 4.11. The molecule has 15 heavy (non-hydrogen) atoms. The fourth-order valence-electron chi connectivity index (χ4n) is 1.04. The normalized spacial score (nSPS) is 13.9. The predicted molar refractivity (Wildman–Crippen MR) is 61.9 cm³/mol. The summed E-state index contributed by atoms with van der Waals surface area (Å²) < 4.78 is 10.4. The topological polar surface area (TPSA) is 44.5 Å². The van der Waals surface area contributed by atoms with Crippen molar-refractivity contribution in [2.75, 3.05) is 13.7 Å². The van der Waals surface area contributed by atoms with Crippen molar-refractivity contribution >= 4 is 0 Å². The largest absolute Gasteiger partial charge is 0.477 e. The van der Waals surface area contributed by atoms with Crippen LogP contribution in [0.3, 0.4) is 0 Å². The van der Waals surface area contributed by atoms with Crippen LogP contribution in [0, 0.1) is 12.3 Å². The minimum absolute atomic E-state index is 0.375. The summed E-state index contributed by atoms with van der Waals surface area (Å²) in [5.74, 6) is 3.25. The van der Waals surface area contributed by atoms with Gasteiger partial charge in [-0.05, 0) is 18.6 Å². The SMILES string of the molecule is C#C/C=C\C/C(=C\CC)OC(N)COC. The Labute approximate surface area is 91.9 Å². The summed E-state index contributed by atoms with van der Waals surface area (Å²) in [6.45, 7) is 2.41. The van der Waals surface area contributed by atoms with Crippen molar-refractivity contribution in [2.24, 2.45) is 5.73 Å². The molecule has 2 N–H and O–H groups in total. The van der Waals surface area contributed by atoms with E-state index in [4.69, 9.17) is 21.6 Å². The highest BCUT2D eigenvalue weighted by atomic mass is 16.5. The second-order valence-corrected chi connectivity index (χ2v) is 2.96. The maximum atomic E-state index is 5.67. The quantitative estimate of drug-likeness (QED) is 0.395. The van der Waals surface area contributed by atoms with Crippen molar-refractivity contribution in [1.82, 2.24) is 0 Å². The number of ether oxygens (including phenoxy) is 2. The average molecular weight is 209 g/mol. The molecular formula is C12H19NO2. The van der Waals surface area contributed by atoms with Crippen LogP contribution in [-0.4, -0.2) is 19.9 Å². The fourth-order valence-corrected chi connectivity index (χ4v) is 1.04. The van der Waals surface area contributed by atoms with Crippen molar-refractivity contribution in [1.29, 1.82) is 0 Å². The molecule has 0 heterocycles. The lowest BCUT2D eigenvalue weighted by molar-refractivity contribution is 0.0389. The van der Waals surface area contributed by atoms with Crippen LogP contribution in [0.1, 0.15) is 19.8 Å². The molecule has 3 nitrogen and oxygen atoms in total. The number of hydrogen-bond donors (Lipinski definition) is 1. The first-order valence-corrected chi connectivity index (χ1v) is 4.95. The summed E-state index contributed by atoms with van der Waals surface area (Å²) in [5.41, 5.74) is 5.67. The van der Waals surface area contributed by atoms with Crippen LogP contribution in [-0.2, 0) is 9.47 Å². The van der Waals surface area contributed by atoms with Crippen molar-refractivity contribution in [2.45, 2.75) is 26.0 Å². The van der Waals surface area contributed by atoms with Gasteiger partial charge in [-0.3, -0.25) is 5.73 Å². The maximum absolute atomic E-state index is 5.67. The predicted octanol–water partition coefficient (Wildman–Crippen LogP) is 1.81. The standard InChI is InChI=1S/C12H19NO2/c1-4-6-7-9-11(8-5-2)15-12(13)10-14-3/h1,6-8,12H,5,9-10,13H2,2-3H3/b7-6-,11-8+. The number of methoxy groups -OCH3 is 1. The van der Waals surface area contributed by atoms with E-state index in [1.54, 1.807) is 13.2 Å². The lowest BCUT2D eigenvalue weighted by atomic mass is 10.3. The molecule has 1 unspecified atom stereocenters. The van der Waals surface area contributed by atoms with E-state index in [0.717, 1.165) is 12.2 Å². The van der Waals surface area contributed by atoms with Crippen LogP contribution < -0.4 is 5.73 Å². The van der Waals surface area contributed by atoms with Gasteiger partial charge in [0.25, 0.3) is 0 Å². The maximum Gasteiger partial charge on any atom is 0.170 e. The molecule has 0 fully saturated rings. The molecule has 0 amide bonds. The molecule has 0 aliphatic carbocycles. The summed E-state index contributed by atoms with van der Waals surface area (Å²) in [5, 5.41) is 0. The van der Waals surface area contributed by atoms with Crippen molar-refractivity contribution in [3.05, 3.63) is 24.0 Å². The van der Waals surface area contributed by atoms with E-state index in [-0.39, 0.29) is 0 Å². The van der Waals surface area contributed by atoms with Gasteiger partial charge in [-0.1, -0.05) is 18.9 Å². The Kier molecular flexibility index (Phi) is 8.55. The molecular weight excluding hydrogens is 190 g/mol. The fraction of sp³-hybridized carbons (Fsp3) is 0.500. The van der Waals surface area contributed by atoms with Crippen LogP contribution in [0.4, 0.5) is 0 Å². The Morgan fingerprint density at radius 1 is 1.60 bits per heavy atom. The summed E-state index contributed by atoms with van der Waals surface area (Å²) in [4.78, 5) is 0. The first kappa shape index (κ1) is 13.8. The molecule has 0 saturated carbocycles. The molecule has 0 aromatic rings. The van der Waals surface area contributed by atoms with Gasteiger partial charge in [-0.25, -0.2) is 0 Å². The Bertz CT molecular complexity index is 251. The monoisotopic (exact) mass is 209 g/mol. The van der Waals surface area contributed by atoms with Gasteiger partial charge in [0, 0.05) is 13.5 Å². The third-order valence-corrected chi connectivity index (χ3v) is 1.60. The van der Waals surface area contributed by atoms with E-state index in [9.17, 15) is 0 Å². The van der Waals surface area contributed by atoms with Crippen LogP contribution >= 0.6 is 0 Å². The van der Waals surface area contributed by atoms with Crippen LogP contribution in [0.5, 0.6) is 0 Å². The van der Waals surface area contributed by atoms with Crippen molar-refractivity contribution in [3.63, 3.8) is 0 Å². The molecule has 0 rings (SSSR count). The van der Waals surface area contributed by atoms with Gasteiger partial charge in [-0.2, -0.15) is 0 Å². The van der Waals surface area contributed by atoms with Gasteiger partial charge >= 0.3 is 0 Å². The molecule has 0 spiro atoms. The van der Waals surface area contributed by atoms with Gasteiger partial charge < -0.3 is 9.47 Å². The van der Waals surface area contributed by atoms with E-state index < -0.39 is 6.23 Å². The lowest BCUT2D eigenvalue weighted by Gasteiger charge is -2.15. The molecule has 3 heteroatoms. The highest BCUT2D eigenvalue weighted by Crippen LogP contribution is 2.08. The average Bonchev–Trinajstić information content (AvgIpc) is 2.18. The molecule has 1 atom stereocenters. The number of hydrogen-bond acceptors (Lipinski definition) is 3.